The largest absolute Gasteiger partial charge is 0.396 e. The van der Waals surface area contributed by atoms with Crippen LogP contribution >= 0.6 is 0 Å². The summed E-state index contributed by atoms with van der Waals surface area (Å²) in [6.07, 6.45) is 0.535. The zero-order valence-corrected chi connectivity index (χ0v) is 11.7. The van der Waals surface area contributed by atoms with Gasteiger partial charge in [-0.25, -0.2) is 0 Å². The molecule has 0 unspecified atom stereocenters. The van der Waals surface area contributed by atoms with Crippen molar-refractivity contribution in [1.82, 2.24) is 0 Å². The highest BCUT2D eigenvalue weighted by atomic mass is 28.3. The average Bonchev–Trinajstić information content (AvgIpc) is 2.90. The minimum atomic E-state index is -1.88. The van der Waals surface area contributed by atoms with Crippen molar-refractivity contribution in [2.75, 3.05) is 0 Å². The van der Waals surface area contributed by atoms with E-state index < -0.39 is 19.2 Å². The summed E-state index contributed by atoms with van der Waals surface area (Å²) in [6.45, 7) is 10.7. The Morgan fingerprint density at radius 1 is 1.31 bits per heavy atom. The van der Waals surface area contributed by atoms with Gasteiger partial charge in [-0.3, -0.25) is 0 Å². The molecule has 4 heteroatoms. The second kappa shape index (κ2) is 3.58. The zero-order chi connectivity index (χ0) is 12.8. The first-order valence-corrected chi connectivity index (χ1v) is 8.71. The number of rotatable bonds is 2. The molecule has 0 aliphatic heterocycles. The molecule has 1 saturated carbocycles. The quantitative estimate of drug-likeness (QED) is 0.749. The molecule has 0 amide bonds. The molecule has 16 heavy (non-hydrogen) atoms. The lowest BCUT2D eigenvalue weighted by Gasteiger charge is -2.41. The lowest BCUT2D eigenvalue weighted by atomic mass is 10.1. The van der Waals surface area contributed by atoms with E-state index in [4.69, 9.17) is 10.5 Å². The number of nitrogens with zero attached hydrogens (tertiary/aromatic N) is 2. The van der Waals surface area contributed by atoms with Gasteiger partial charge in [0, 0.05) is 5.92 Å². The Balaban J connectivity index is 2.89. The fourth-order valence-electron chi connectivity index (χ4n) is 1.90. The summed E-state index contributed by atoms with van der Waals surface area (Å²) in [6, 6.07) is 4.12. The van der Waals surface area contributed by atoms with Crippen LogP contribution in [0.3, 0.4) is 0 Å². The third-order valence-corrected chi connectivity index (χ3v) is 10.2. The minimum Gasteiger partial charge on any atom is -0.396 e. The molecular weight excluding hydrogens is 216 g/mol. The van der Waals surface area contributed by atoms with Crippen molar-refractivity contribution in [2.45, 2.75) is 51.1 Å². The molecule has 0 aromatic heterocycles. The molecular formula is C12H20N2OSi. The first-order valence-electron chi connectivity index (χ1n) is 5.63. The summed E-state index contributed by atoms with van der Waals surface area (Å²) in [5.74, 6) is -0.136. The number of nitriles is 2. The van der Waals surface area contributed by atoms with E-state index in [9.17, 15) is 5.11 Å². The third-order valence-electron chi connectivity index (χ3n) is 4.47. The molecule has 0 saturated heterocycles. The maximum absolute atomic E-state index is 10.4. The van der Waals surface area contributed by atoms with Gasteiger partial charge in [0.2, 0.25) is 0 Å². The summed E-state index contributed by atoms with van der Waals surface area (Å²) in [5, 5.41) is 28.4. The number of aliphatic hydroxyl groups excluding tert-OH is 1. The molecule has 1 rings (SSSR count). The van der Waals surface area contributed by atoms with Crippen molar-refractivity contribution in [3.63, 3.8) is 0 Å². The summed E-state index contributed by atoms with van der Waals surface area (Å²) >= 11 is 0. The average molecular weight is 236 g/mol. The van der Waals surface area contributed by atoms with Crippen LogP contribution in [-0.2, 0) is 0 Å². The van der Waals surface area contributed by atoms with Gasteiger partial charge in [0.15, 0.2) is 0 Å². The van der Waals surface area contributed by atoms with E-state index in [0.717, 1.165) is 0 Å². The highest BCUT2D eigenvalue weighted by Crippen LogP contribution is 2.57. The molecule has 0 bridgehead atoms. The van der Waals surface area contributed by atoms with Crippen molar-refractivity contribution in [1.29, 1.82) is 10.5 Å². The van der Waals surface area contributed by atoms with Crippen LogP contribution in [0.5, 0.6) is 0 Å². The smallest absolute Gasteiger partial charge is 0.149 e. The van der Waals surface area contributed by atoms with E-state index in [-0.39, 0.29) is 11.0 Å². The van der Waals surface area contributed by atoms with E-state index in [0.29, 0.717) is 6.42 Å². The predicted octanol–water partition coefficient (Wildman–Crippen LogP) is 2.45. The van der Waals surface area contributed by atoms with Crippen molar-refractivity contribution in [3.8, 4) is 12.1 Å². The number of hydrogen-bond donors (Lipinski definition) is 1. The van der Waals surface area contributed by atoms with Crippen LogP contribution in [0.15, 0.2) is 0 Å². The molecule has 88 valence electrons. The van der Waals surface area contributed by atoms with Gasteiger partial charge in [-0.1, -0.05) is 33.9 Å². The van der Waals surface area contributed by atoms with E-state index in [1.165, 1.54) is 0 Å². The van der Waals surface area contributed by atoms with Gasteiger partial charge < -0.3 is 5.11 Å². The van der Waals surface area contributed by atoms with E-state index >= 15 is 0 Å². The van der Waals surface area contributed by atoms with Crippen LogP contribution in [0.2, 0.25) is 18.1 Å². The number of hydrogen-bond acceptors (Lipinski definition) is 3. The molecule has 0 aromatic carbocycles. The lowest BCUT2D eigenvalue weighted by molar-refractivity contribution is 0.206. The third kappa shape index (κ3) is 1.77. The monoisotopic (exact) mass is 236 g/mol. The predicted molar refractivity (Wildman–Crippen MR) is 65.0 cm³/mol. The van der Waals surface area contributed by atoms with E-state index in [1.54, 1.807) is 0 Å². The highest BCUT2D eigenvalue weighted by Gasteiger charge is 2.63. The second-order valence-corrected chi connectivity index (χ2v) is 12.0. The SMILES string of the molecule is CC(C)(C)[Si](C)(C)[C@@H](O)[C@H]1CC1(C#N)C#N. The van der Waals surface area contributed by atoms with Gasteiger partial charge in [0.05, 0.1) is 25.9 Å². The Bertz CT molecular complexity index is 356. The molecule has 0 spiro atoms. The van der Waals surface area contributed by atoms with Gasteiger partial charge in [-0.05, 0) is 11.5 Å². The Morgan fingerprint density at radius 2 is 1.75 bits per heavy atom. The Kier molecular flexibility index (Phi) is 2.96. The standard InChI is InChI=1S/C12H20N2OSi/c1-11(2,3)16(4,5)10(15)9-6-12(9,7-13)8-14/h9-10,15H,6H2,1-5H3/t9-,10-/m1/s1. The van der Waals surface area contributed by atoms with Crippen LogP contribution in [0.1, 0.15) is 27.2 Å². The van der Waals surface area contributed by atoms with E-state index in [2.05, 4.69) is 46.0 Å². The molecule has 2 atom stereocenters. The summed E-state index contributed by atoms with van der Waals surface area (Å²) in [4.78, 5) is 0. The summed E-state index contributed by atoms with van der Waals surface area (Å²) < 4.78 is 0. The highest BCUT2D eigenvalue weighted by molar-refractivity contribution is 6.81. The van der Waals surface area contributed by atoms with Crippen LogP contribution < -0.4 is 0 Å². The van der Waals surface area contributed by atoms with Gasteiger partial charge in [-0.2, -0.15) is 10.5 Å². The van der Waals surface area contributed by atoms with Crippen molar-refractivity contribution < 1.29 is 5.11 Å². The number of aliphatic hydroxyl groups is 1. The fraction of sp³-hybridized carbons (Fsp3) is 0.833. The van der Waals surface area contributed by atoms with E-state index in [1.807, 2.05) is 0 Å². The summed E-state index contributed by atoms with van der Waals surface area (Å²) in [7, 11) is -1.88. The molecule has 1 N–H and O–H groups in total. The molecule has 0 aromatic rings. The minimum absolute atomic E-state index is 0.0751. The molecule has 1 fully saturated rings. The van der Waals surface area contributed by atoms with Crippen LogP contribution in [0.25, 0.3) is 0 Å². The second-order valence-electron chi connectivity index (χ2n) is 6.42. The molecule has 3 nitrogen and oxygen atoms in total. The molecule has 0 heterocycles. The van der Waals surface area contributed by atoms with Crippen LogP contribution in [0, 0.1) is 34.0 Å². The van der Waals surface area contributed by atoms with Crippen LogP contribution in [-0.4, -0.2) is 18.9 Å². The zero-order valence-electron chi connectivity index (χ0n) is 10.7. The van der Waals surface area contributed by atoms with Crippen molar-refractivity contribution >= 4 is 8.07 Å². The van der Waals surface area contributed by atoms with Gasteiger partial charge in [-0.15, -0.1) is 0 Å². The maximum atomic E-state index is 10.4. The van der Waals surface area contributed by atoms with Gasteiger partial charge >= 0.3 is 0 Å². The van der Waals surface area contributed by atoms with Crippen molar-refractivity contribution in [3.05, 3.63) is 0 Å². The molecule has 1 aliphatic rings. The van der Waals surface area contributed by atoms with Gasteiger partial charge in [0.25, 0.3) is 0 Å². The molecule has 0 radical (unpaired) electrons. The summed E-state index contributed by atoms with van der Waals surface area (Å²) in [5.41, 5.74) is -1.37. The normalized spacial score (nSPS) is 25.4. The van der Waals surface area contributed by atoms with Crippen molar-refractivity contribution in [2.24, 2.45) is 11.3 Å². The first-order chi connectivity index (χ1) is 7.12. The Morgan fingerprint density at radius 3 is 2.00 bits per heavy atom. The van der Waals surface area contributed by atoms with Gasteiger partial charge in [0.1, 0.15) is 5.41 Å². The fourth-order valence-corrected chi connectivity index (χ4v) is 4.19. The Labute approximate surface area is 98.7 Å². The Hall–Kier alpha value is -0.843. The first kappa shape index (κ1) is 13.2. The topological polar surface area (TPSA) is 67.8 Å². The maximum Gasteiger partial charge on any atom is 0.149 e. The molecule has 1 aliphatic carbocycles. The lowest BCUT2D eigenvalue weighted by Crippen LogP contribution is -2.51. The van der Waals surface area contributed by atoms with Crippen LogP contribution in [0.4, 0.5) is 0 Å².